The van der Waals surface area contributed by atoms with Crippen LogP contribution in [0.1, 0.15) is 5.56 Å². The van der Waals surface area contributed by atoms with E-state index in [0.29, 0.717) is 0 Å². The molecule has 1 nitrogen and oxygen atoms in total. The van der Waals surface area contributed by atoms with Crippen molar-refractivity contribution in [2.24, 2.45) is 0 Å². The summed E-state index contributed by atoms with van der Waals surface area (Å²) in [6.07, 6.45) is 0. The van der Waals surface area contributed by atoms with Crippen LogP contribution in [0.4, 0.5) is 0 Å². The molecule has 0 radical (unpaired) electrons. The van der Waals surface area contributed by atoms with Gasteiger partial charge in [0.25, 0.3) is 0 Å². The fraction of sp³-hybridized carbons (Fsp3) is 0.100. The van der Waals surface area contributed by atoms with Gasteiger partial charge in [0.15, 0.2) is 0 Å². The Morgan fingerprint density at radius 3 is 1.86 bits per heavy atom. The second kappa shape index (κ2) is 4.49. The van der Waals surface area contributed by atoms with Crippen molar-refractivity contribution in [3.05, 3.63) is 66.2 Å². The summed E-state index contributed by atoms with van der Waals surface area (Å²) in [6.45, 7) is 2.14. The molecule has 0 fully saturated rings. The SMILES string of the molecule is COc1ccc2c3ccccc3c3ccc(C)cc3c2c1. The van der Waals surface area contributed by atoms with Crippen LogP contribution in [0.2, 0.25) is 0 Å². The van der Waals surface area contributed by atoms with Crippen LogP contribution in [0, 0.1) is 6.92 Å². The molecule has 0 bridgehead atoms. The normalized spacial score (nSPS) is 11.3. The fourth-order valence-corrected chi connectivity index (χ4v) is 3.18. The first-order chi connectivity index (χ1) is 10.3. The smallest absolute Gasteiger partial charge is 0.119 e. The number of rotatable bonds is 1. The minimum absolute atomic E-state index is 0.903. The zero-order chi connectivity index (χ0) is 14.4. The van der Waals surface area contributed by atoms with Gasteiger partial charge >= 0.3 is 0 Å². The summed E-state index contributed by atoms with van der Waals surface area (Å²) in [4.78, 5) is 0. The highest BCUT2D eigenvalue weighted by Crippen LogP contribution is 2.36. The third-order valence-corrected chi connectivity index (χ3v) is 4.20. The summed E-state index contributed by atoms with van der Waals surface area (Å²) in [5, 5.41) is 7.74. The molecule has 0 aromatic heterocycles. The summed E-state index contributed by atoms with van der Waals surface area (Å²) < 4.78 is 5.41. The second-order valence-electron chi connectivity index (χ2n) is 5.51. The highest BCUT2D eigenvalue weighted by molar-refractivity contribution is 6.25. The Balaban J connectivity index is 2.34. The highest BCUT2D eigenvalue weighted by atomic mass is 16.5. The van der Waals surface area contributed by atoms with Gasteiger partial charge in [0.05, 0.1) is 7.11 Å². The van der Waals surface area contributed by atoms with Gasteiger partial charge in [-0.2, -0.15) is 0 Å². The lowest BCUT2D eigenvalue weighted by atomic mass is 9.93. The average molecular weight is 272 g/mol. The molecular formula is C20H16O. The lowest BCUT2D eigenvalue weighted by Crippen LogP contribution is -1.86. The Morgan fingerprint density at radius 2 is 1.19 bits per heavy atom. The first-order valence-electron chi connectivity index (χ1n) is 7.17. The van der Waals surface area contributed by atoms with Crippen LogP contribution in [0.15, 0.2) is 60.7 Å². The topological polar surface area (TPSA) is 9.23 Å². The van der Waals surface area contributed by atoms with Crippen LogP contribution in [0.5, 0.6) is 5.75 Å². The minimum atomic E-state index is 0.903. The molecule has 0 aliphatic heterocycles. The molecule has 0 unspecified atom stereocenters. The molecule has 4 aromatic carbocycles. The minimum Gasteiger partial charge on any atom is -0.497 e. The van der Waals surface area contributed by atoms with Gasteiger partial charge in [0, 0.05) is 0 Å². The van der Waals surface area contributed by atoms with Gasteiger partial charge in [0.1, 0.15) is 5.75 Å². The molecule has 0 saturated carbocycles. The molecule has 0 N–H and O–H groups in total. The predicted molar refractivity (Wildman–Crippen MR) is 90.2 cm³/mol. The average Bonchev–Trinajstić information content (AvgIpc) is 2.54. The van der Waals surface area contributed by atoms with Gasteiger partial charge in [-0.1, -0.05) is 54.1 Å². The van der Waals surface area contributed by atoms with Crippen LogP contribution in [0.3, 0.4) is 0 Å². The number of methoxy groups -OCH3 is 1. The number of benzene rings is 4. The van der Waals surface area contributed by atoms with Crippen molar-refractivity contribution in [1.29, 1.82) is 0 Å². The third kappa shape index (κ3) is 1.78. The lowest BCUT2D eigenvalue weighted by Gasteiger charge is -2.12. The zero-order valence-electron chi connectivity index (χ0n) is 12.2. The molecule has 4 aromatic rings. The van der Waals surface area contributed by atoms with E-state index >= 15 is 0 Å². The monoisotopic (exact) mass is 272 g/mol. The van der Waals surface area contributed by atoms with E-state index in [4.69, 9.17) is 4.74 Å². The maximum Gasteiger partial charge on any atom is 0.119 e. The Morgan fingerprint density at radius 1 is 0.619 bits per heavy atom. The molecule has 0 heterocycles. The summed E-state index contributed by atoms with van der Waals surface area (Å²) in [7, 11) is 1.72. The number of hydrogen-bond donors (Lipinski definition) is 0. The van der Waals surface area contributed by atoms with Crippen LogP contribution in [-0.2, 0) is 0 Å². The Labute approximate surface area is 123 Å². The maximum atomic E-state index is 5.41. The van der Waals surface area contributed by atoms with E-state index in [1.165, 1.54) is 37.9 Å². The van der Waals surface area contributed by atoms with E-state index in [2.05, 4.69) is 61.5 Å². The second-order valence-corrected chi connectivity index (χ2v) is 5.51. The Kier molecular flexibility index (Phi) is 2.61. The summed E-state index contributed by atoms with van der Waals surface area (Å²) in [5.41, 5.74) is 1.28. The first-order valence-corrected chi connectivity index (χ1v) is 7.17. The number of ether oxygens (including phenoxy) is 1. The van der Waals surface area contributed by atoms with E-state index in [-0.39, 0.29) is 0 Å². The van der Waals surface area contributed by atoms with Crippen LogP contribution in [-0.4, -0.2) is 7.11 Å². The summed E-state index contributed by atoms with van der Waals surface area (Å²) in [6, 6.07) is 21.6. The van der Waals surface area contributed by atoms with Gasteiger partial charge in [-0.05, 0) is 51.4 Å². The molecule has 0 spiro atoms. The third-order valence-electron chi connectivity index (χ3n) is 4.20. The van der Waals surface area contributed by atoms with E-state index in [1.807, 2.05) is 6.07 Å². The van der Waals surface area contributed by atoms with Gasteiger partial charge in [-0.15, -0.1) is 0 Å². The zero-order valence-corrected chi connectivity index (χ0v) is 12.2. The molecular weight excluding hydrogens is 256 g/mol. The van der Waals surface area contributed by atoms with Gasteiger partial charge < -0.3 is 4.74 Å². The maximum absolute atomic E-state index is 5.41. The van der Waals surface area contributed by atoms with Gasteiger partial charge in [-0.3, -0.25) is 0 Å². The predicted octanol–water partition coefficient (Wildman–Crippen LogP) is 5.46. The highest BCUT2D eigenvalue weighted by Gasteiger charge is 2.09. The molecule has 0 aliphatic rings. The van der Waals surface area contributed by atoms with E-state index < -0.39 is 0 Å². The molecule has 0 aliphatic carbocycles. The largest absolute Gasteiger partial charge is 0.497 e. The molecule has 0 amide bonds. The van der Waals surface area contributed by atoms with Crippen LogP contribution in [0.25, 0.3) is 32.3 Å². The van der Waals surface area contributed by atoms with Crippen molar-refractivity contribution in [2.75, 3.05) is 7.11 Å². The van der Waals surface area contributed by atoms with Gasteiger partial charge in [0.2, 0.25) is 0 Å². The molecule has 21 heavy (non-hydrogen) atoms. The van der Waals surface area contributed by atoms with Crippen molar-refractivity contribution in [3.63, 3.8) is 0 Å². The Bertz CT molecular complexity index is 983. The van der Waals surface area contributed by atoms with E-state index in [9.17, 15) is 0 Å². The first kappa shape index (κ1) is 12.2. The fourth-order valence-electron chi connectivity index (χ4n) is 3.18. The van der Waals surface area contributed by atoms with Crippen molar-refractivity contribution in [2.45, 2.75) is 6.92 Å². The van der Waals surface area contributed by atoms with Crippen molar-refractivity contribution in [3.8, 4) is 5.75 Å². The molecule has 1 heteroatoms. The van der Waals surface area contributed by atoms with E-state index in [0.717, 1.165) is 5.75 Å². The molecule has 102 valence electrons. The molecule has 0 saturated heterocycles. The van der Waals surface area contributed by atoms with Crippen LogP contribution >= 0.6 is 0 Å². The lowest BCUT2D eigenvalue weighted by molar-refractivity contribution is 0.415. The standard InChI is InChI=1S/C20H16O/c1-13-7-9-17-15-5-3-4-6-16(15)18-10-8-14(21-2)12-20(18)19(17)11-13/h3-12H,1-2H3. The number of aryl methyl sites for hydroxylation is 1. The van der Waals surface area contributed by atoms with Crippen molar-refractivity contribution >= 4 is 32.3 Å². The summed E-state index contributed by atoms with van der Waals surface area (Å²) >= 11 is 0. The number of fused-ring (bicyclic) bond motifs is 6. The van der Waals surface area contributed by atoms with Crippen molar-refractivity contribution in [1.82, 2.24) is 0 Å². The molecule has 4 rings (SSSR count). The van der Waals surface area contributed by atoms with E-state index in [1.54, 1.807) is 7.11 Å². The summed E-state index contributed by atoms with van der Waals surface area (Å²) in [5.74, 6) is 0.903. The van der Waals surface area contributed by atoms with Gasteiger partial charge in [-0.25, -0.2) is 0 Å². The van der Waals surface area contributed by atoms with Crippen molar-refractivity contribution < 1.29 is 4.74 Å². The number of hydrogen-bond acceptors (Lipinski definition) is 1. The quantitative estimate of drug-likeness (QED) is 0.418. The Hall–Kier alpha value is -2.54. The van der Waals surface area contributed by atoms with Crippen LogP contribution < -0.4 is 4.74 Å². The molecule has 0 atom stereocenters.